The normalized spacial score (nSPS) is 12.5. The summed E-state index contributed by atoms with van der Waals surface area (Å²) in [6, 6.07) is 13.1. The fourth-order valence-corrected chi connectivity index (χ4v) is 3.15. The Morgan fingerprint density at radius 1 is 0.941 bits per heavy atom. The third kappa shape index (κ3) is 2.97. The minimum Gasteiger partial charge on any atom is -0.112 e. The van der Waals surface area contributed by atoms with E-state index in [9.17, 15) is 0 Å². The molecule has 0 fully saturated rings. The van der Waals surface area contributed by atoms with Crippen LogP contribution in [-0.4, -0.2) is 0 Å². The van der Waals surface area contributed by atoms with Crippen molar-refractivity contribution in [2.24, 2.45) is 0 Å². The van der Waals surface area contributed by atoms with Crippen molar-refractivity contribution in [3.8, 4) is 0 Å². The molecule has 0 aromatic heterocycles. The molecule has 4 heteroatoms. The first-order valence-electron chi connectivity index (χ1n) is 4.93. The highest BCUT2D eigenvalue weighted by Crippen LogP contribution is 2.37. The molecule has 0 heterocycles. The highest BCUT2D eigenvalue weighted by molar-refractivity contribution is 9.10. The van der Waals surface area contributed by atoms with Crippen LogP contribution in [0.3, 0.4) is 0 Å². The molecule has 0 aliphatic carbocycles. The van der Waals surface area contributed by atoms with Gasteiger partial charge in [0.25, 0.3) is 0 Å². The number of halogens is 4. The predicted molar refractivity (Wildman–Crippen MR) is 78.3 cm³/mol. The summed E-state index contributed by atoms with van der Waals surface area (Å²) in [7, 11) is 0. The largest absolute Gasteiger partial charge is 0.112 e. The van der Waals surface area contributed by atoms with Gasteiger partial charge in [-0.3, -0.25) is 0 Å². The standard InChI is InChI=1S/C13H8BrCl3/c14-11-4-2-1-3-9(11)13(17)10-6-5-8(15)7-12(10)16/h1-7,13H. The van der Waals surface area contributed by atoms with E-state index in [4.69, 9.17) is 34.8 Å². The van der Waals surface area contributed by atoms with Crippen LogP contribution in [0.1, 0.15) is 16.5 Å². The molecule has 0 N–H and O–H groups in total. The van der Waals surface area contributed by atoms with Gasteiger partial charge in [-0.05, 0) is 29.3 Å². The van der Waals surface area contributed by atoms with Gasteiger partial charge >= 0.3 is 0 Å². The summed E-state index contributed by atoms with van der Waals surface area (Å²) >= 11 is 21.9. The second kappa shape index (κ2) is 5.62. The lowest BCUT2D eigenvalue weighted by molar-refractivity contribution is 1.13. The van der Waals surface area contributed by atoms with Gasteiger partial charge in [-0.25, -0.2) is 0 Å². The summed E-state index contributed by atoms with van der Waals surface area (Å²) in [6.45, 7) is 0. The Hall–Kier alpha value is -0.210. The van der Waals surface area contributed by atoms with Crippen molar-refractivity contribution in [2.75, 3.05) is 0 Å². The average Bonchev–Trinajstić information content (AvgIpc) is 2.29. The van der Waals surface area contributed by atoms with Crippen LogP contribution in [0, 0.1) is 0 Å². The fourth-order valence-electron chi connectivity index (χ4n) is 1.56. The van der Waals surface area contributed by atoms with Crippen molar-refractivity contribution >= 4 is 50.7 Å². The maximum absolute atomic E-state index is 6.44. The van der Waals surface area contributed by atoms with Gasteiger partial charge in [-0.2, -0.15) is 0 Å². The summed E-state index contributed by atoms with van der Waals surface area (Å²) in [5.74, 6) is 0. The molecule has 0 amide bonds. The smallest absolute Gasteiger partial charge is 0.0860 e. The van der Waals surface area contributed by atoms with Crippen LogP contribution < -0.4 is 0 Å². The lowest BCUT2D eigenvalue weighted by atomic mass is 10.0. The number of hydrogen-bond acceptors (Lipinski definition) is 0. The molecule has 0 saturated carbocycles. The van der Waals surface area contributed by atoms with Crippen LogP contribution >= 0.6 is 50.7 Å². The maximum atomic E-state index is 6.44. The number of benzene rings is 2. The maximum Gasteiger partial charge on any atom is 0.0860 e. The van der Waals surface area contributed by atoms with Gasteiger partial charge in [0.1, 0.15) is 0 Å². The molecule has 0 saturated heterocycles. The molecule has 0 radical (unpaired) electrons. The summed E-state index contributed by atoms with van der Waals surface area (Å²) in [5, 5.41) is 0.887. The first kappa shape index (κ1) is 13.2. The van der Waals surface area contributed by atoms with Crippen molar-refractivity contribution in [3.05, 3.63) is 68.1 Å². The van der Waals surface area contributed by atoms with Gasteiger partial charge < -0.3 is 0 Å². The predicted octanol–water partition coefficient (Wildman–Crippen LogP) is 6.08. The Balaban J connectivity index is 2.44. The Morgan fingerprint density at radius 3 is 2.29 bits per heavy atom. The van der Waals surface area contributed by atoms with Crippen molar-refractivity contribution in [3.63, 3.8) is 0 Å². The Kier molecular flexibility index (Phi) is 4.37. The third-order valence-corrected chi connectivity index (χ3v) is 4.17. The lowest BCUT2D eigenvalue weighted by Crippen LogP contribution is -1.95. The Labute approximate surface area is 124 Å². The first-order chi connectivity index (χ1) is 8.09. The van der Waals surface area contributed by atoms with Crippen LogP contribution in [0.15, 0.2) is 46.9 Å². The highest BCUT2D eigenvalue weighted by Gasteiger charge is 2.16. The van der Waals surface area contributed by atoms with E-state index < -0.39 is 0 Å². The number of alkyl halides is 1. The molecule has 0 nitrogen and oxygen atoms in total. The van der Waals surface area contributed by atoms with E-state index in [1.165, 1.54) is 0 Å². The molecule has 0 aliphatic heterocycles. The lowest BCUT2D eigenvalue weighted by Gasteiger charge is -2.13. The van der Waals surface area contributed by atoms with Crippen LogP contribution in [0.2, 0.25) is 10.0 Å². The van der Waals surface area contributed by atoms with E-state index in [0.29, 0.717) is 10.0 Å². The van der Waals surface area contributed by atoms with Gasteiger partial charge in [-0.1, -0.05) is 63.4 Å². The monoisotopic (exact) mass is 348 g/mol. The van der Waals surface area contributed by atoms with Gasteiger partial charge in [-0.15, -0.1) is 11.6 Å². The highest BCUT2D eigenvalue weighted by atomic mass is 79.9. The Bertz CT molecular complexity index is 540. The average molecular weight is 350 g/mol. The fraction of sp³-hybridized carbons (Fsp3) is 0.0769. The van der Waals surface area contributed by atoms with Gasteiger partial charge in [0.05, 0.1) is 5.38 Å². The van der Waals surface area contributed by atoms with E-state index in [2.05, 4.69) is 15.9 Å². The molecule has 17 heavy (non-hydrogen) atoms. The molecular weight excluding hydrogens is 342 g/mol. The minimum atomic E-state index is -0.296. The summed E-state index contributed by atoms with van der Waals surface area (Å²) in [6.07, 6.45) is 0. The van der Waals surface area contributed by atoms with Crippen molar-refractivity contribution in [2.45, 2.75) is 5.38 Å². The van der Waals surface area contributed by atoms with Gasteiger partial charge in [0, 0.05) is 14.5 Å². The van der Waals surface area contributed by atoms with Crippen molar-refractivity contribution < 1.29 is 0 Å². The molecule has 1 atom stereocenters. The van der Waals surface area contributed by atoms with Gasteiger partial charge in [0.15, 0.2) is 0 Å². The first-order valence-corrected chi connectivity index (χ1v) is 6.91. The van der Waals surface area contributed by atoms with Crippen LogP contribution in [0.5, 0.6) is 0 Å². The zero-order valence-corrected chi connectivity index (χ0v) is 12.5. The van der Waals surface area contributed by atoms with Gasteiger partial charge in [0.2, 0.25) is 0 Å². The SMILES string of the molecule is Clc1ccc(C(Cl)c2ccccc2Br)c(Cl)c1. The zero-order valence-electron chi connectivity index (χ0n) is 8.63. The van der Waals surface area contributed by atoms with E-state index in [0.717, 1.165) is 15.6 Å². The minimum absolute atomic E-state index is 0.296. The molecule has 1 unspecified atom stereocenters. The molecule has 88 valence electrons. The second-order valence-corrected chi connectivity index (χ2v) is 5.68. The zero-order chi connectivity index (χ0) is 12.4. The summed E-state index contributed by atoms with van der Waals surface area (Å²) < 4.78 is 0.964. The molecule has 2 aromatic carbocycles. The quantitative estimate of drug-likeness (QED) is 0.575. The molecule has 0 aliphatic rings. The molecule has 2 aromatic rings. The molecule has 2 rings (SSSR count). The third-order valence-electron chi connectivity index (χ3n) is 2.41. The summed E-state index contributed by atoms with van der Waals surface area (Å²) in [4.78, 5) is 0. The van der Waals surface area contributed by atoms with Crippen LogP contribution in [0.25, 0.3) is 0 Å². The number of hydrogen-bond donors (Lipinski definition) is 0. The van der Waals surface area contributed by atoms with E-state index in [1.807, 2.05) is 30.3 Å². The number of rotatable bonds is 2. The van der Waals surface area contributed by atoms with Crippen molar-refractivity contribution in [1.82, 2.24) is 0 Å². The molecule has 0 spiro atoms. The van der Waals surface area contributed by atoms with E-state index in [-0.39, 0.29) is 5.38 Å². The molecule has 0 bridgehead atoms. The Morgan fingerprint density at radius 2 is 1.65 bits per heavy atom. The van der Waals surface area contributed by atoms with Crippen LogP contribution in [0.4, 0.5) is 0 Å². The van der Waals surface area contributed by atoms with Crippen molar-refractivity contribution in [1.29, 1.82) is 0 Å². The molecular formula is C13H8BrCl3. The summed E-state index contributed by atoms with van der Waals surface area (Å²) in [5.41, 5.74) is 1.84. The topological polar surface area (TPSA) is 0 Å². The second-order valence-electron chi connectivity index (χ2n) is 3.55. The van der Waals surface area contributed by atoms with E-state index in [1.54, 1.807) is 12.1 Å². The van der Waals surface area contributed by atoms with Crippen LogP contribution in [-0.2, 0) is 0 Å². The van der Waals surface area contributed by atoms with E-state index >= 15 is 0 Å².